The molecule has 22 heavy (non-hydrogen) atoms. The fourth-order valence-corrected chi connectivity index (χ4v) is 2.46. The van der Waals surface area contributed by atoms with Crippen LogP contribution in [0.25, 0.3) is 0 Å². The second-order valence-corrected chi connectivity index (χ2v) is 5.57. The maximum Gasteiger partial charge on any atom is 0.275 e. The molecule has 3 heteroatoms. The minimum Gasteiger partial charge on any atom is -0.277 e. The minimum atomic E-state index is -0.185. The van der Waals surface area contributed by atoms with Crippen molar-refractivity contribution in [3.05, 3.63) is 47.0 Å². The highest BCUT2D eigenvalue weighted by Gasteiger charge is 2.09. The normalized spacial score (nSPS) is 10.3. The van der Waals surface area contributed by atoms with E-state index in [1.165, 1.54) is 51.2 Å². The van der Waals surface area contributed by atoms with Crippen LogP contribution >= 0.6 is 0 Å². The van der Waals surface area contributed by atoms with E-state index in [-0.39, 0.29) is 5.91 Å². The Labute approximate surface area is 134 Å². The summed E-state index contributed by atoms with van der Waals surface area (Å²) in [6.07, 6.45) is 10.4. The van der Waals surface area contributed by atoms with Crippen LogP contribution in [0.3, 0.4) is 0 Å². The van der Waals surface area contributed by atoms with Crippen molar-refractivity contribution in [2.45, 2.75) is 58.8 Å². The number of allylic oxidation sites excluding steroid dienone is 2. The summed E-state index contributed by atoms with van der Waals surface area (Å²) in [4.78, 5) is 16.7. The van der Waals surface area contributed by atoms with E-state index in [1.807, 2.05) is 24.3 Å². The van der Waals surface area contributed by atoms with Crippen LogP contribution in [0, 0.1) is 0 Å². The van der Waals surface area contributed by atoms with Crippen LogP contribution in [0.15, 0.2) is 35.9 Å². The molecule has 0 radical (unpaired) electrons. The molecule has 0 spiro atoms. The van der Waals surface area contributed by atoms with Gasteiger partial charge in [0.05, 0.1) is 7.11 Å². The number of hydroxylamine groups is 1. The predicted octanol–water partition coefficient (Wildman–Crippen LogP) is 4.83. The third kappa shape index (κ3) is 6.44. The van der Waals surface area contributed by atoms with Gasteiger partial charge in [-0.05, 0) is 43.7 Å². The van der Waals surface area contributed by atoms with E-state index >= 15 is 0 Å². The van der Waals surface area contributed by atoms with E-state index in [4.69, 9.17) is 4.84 Å². The quantitative estimate of drug-likeness (QED) is 0.497. The average Bonchev–Trinajstić information content (AvgIpc) is 2.54. The Balaban J connectivity index is 2.81. The van der Waals surface area contributed by atoms with E-state index in [1.54, 1.807) is 0 Å². The number of hydrogen-bond acceptors (Lipinski definition) is 2. The van der Waals surface area contributed by atoms with Crippen molar-refractivity contribution in [2.24, 2.45) is 0 Å². The van der Waals surface area contributed by atoms with Crippen LogP contribution in [0.2, 0.25) is 0 Å². The van der Waals surface area contributed by atoms with Crippen molar-refractivity contribution in [1.82, 2.24) is 5.48 Å². The lowest BCUT2D eigenvalue weighted by atomic mass is 9.98. The van der Waals surface area contributed by atoms with Gasteiger partial charge in [0.1, 0.15) is 0 Å². The van der Waals surface area contributed by atoms with E-state index in [2.05, 4.69) is 25.4 Å². The van der Waals surface area contributed by atoms with Crippen molar-refractivity contribution >= 4 is 5.91 Å². The zero-order valence-corrected chi connectivity index (χ0v) is 14.2. The molecule has 0 aromatic heterocycles. The molecule has 0 saturated carbocycles. The van der Waals surface area contributed by atoms with E-state index < -0.39 is 0 Å². The lowest BCUT2D eigenvalue weighted by Crippen LogP contribution is -2.23. The van der Waals surface area contributed by atoms with Gasteiger partial charge in [-0.1, -0.05) is 56.5 Å². The summed E-state index contributed by atoms with van der Waals surface area (Å²) in [5.74, 6) is -0.185. The molecular weight excluding hydrogens is 274 g/mol. The SMILES string of the molecule is CCCCC(=CCc1ccccc1C(=O)NOC)CCCC. The van der Waals surface area contributed by atoms with Crippen LogP contribution < -0.4 is 5.48 Å². The molecule has 0 atom stereocenters. The fraction of sp³-hybridized carbons (Fsp3) is 0.526. The van der Waals surface area contributed by atoms with Crippen molar-refractivity contribution in [1.29, 1.82) is 0 Å². The van der Waals surface area contributed by atoms with Crippen molar-refractivity contribution < 1.29 is 9.63 Å². The molecule has 0 bridgehead atoms. The van der Waals surface area contributed by atoms with Crippen LogP contribution in [-0.2, 0) is 11.3 Å². The summed E-state index contributed by atoms with van der Waals surface area (Å²) >= 11 is 0. The number of nitrogens with one attached hydrogen (secondary N) is 1. The first kappa shape index (κ1) is 18.4. The first-order chi connectivity index (χ1) is 10.7. The molecule has 0 aliphatic heterocycles. The van der Waals surface area contributed by atoms with Crippen LogP contribution in [0.1, 0.15) is 68.3 Å². The monoisotopic (exact) mass is 303 g/mol. The number of amides is 1. The Kier molecular flexibility index (Phi) is 9.24. The van der Waals surface area contributed by atoms with Gasteiger partial charge < -0.3 is 0 Å². The van der Waals surface area contributed by atoms with E-state index in [0.717, 1.165) is 12.0 Å². The molecule has 0 fully saturated rings. The molecule has 0 aliphatic rings. The van der Waals surface area contributed by atoms with Gasteiger partial charge in [-0.2, -0.15) is 0 Å². The number of carbonyl (C=O) groups excluding carboxylic acids is 1. The van der Waals surface area contributed by atoms with Gasteiger partial charge in [0, 0.05) is 5.56 Å². The first-order valence-electron chi connectivity index (χ1n) is 8.32. The number of unbranched alkanes of at least 4 members (excludes halogenated alkanes) is 2. The van der Waals surface area contributed by atoms with Crippen molar-refractivity contribution in [3.63, 3.8) is 0 Å². The molecule has 0 saturated heterocycles. The molecule has 122 valence electrons. The zero-order chi connectivity index (χ0) is 16.2. The maximum atomic E-state index is 12.0. The predicted molar refractivity (Wildman–Crippen MR) is 91.8 cm³/mol. The first-order valence-corrected chi connectivity index (χ1v) is 8.32. The summed E-state index contributed by atoms with van der Waals surface area (Å²) < 4.78 is 0. The second kappa shape index (κ2) is 11.0. The maximum absolute atomic E-state index is 12.0. The molecule has 1 N–H and O–H groups in total. The Morgan fingerprint density at radius 3 is 2.36 bits per heavy atom. The fourth-order valence-electron chi connectivity index (χ4n) is 2.46. The van der Waals surface area contributed by atoms with E-state index in [9.17, 15) is 4.79 Å². The summed E-state index contributed by atoms with van der Waals surface area (Å²) in [5.41, 5.74) is 5.65. The molecule has 3 nitrogen and oxygen atoms in total. The molecule has 1 amide bonds. The Bertz CT molecular complexity index is 470. The summed E-state index contributed by atoms with van der Waals surface area (Å²) in [6.45, 7) is 4.45. The average molecular weight is 303 g/mol. The highest BCUT2D eigenvalue weighted by atomic mass is 16.6. The smallest absolute Gasteiger partial charge is 0.275 e. The highest BCUT2D eigenvalue weighted by molar-refractivity contribution is 5.95. The van der Waals surface area contributed by atoms with Crippen LogP contribution in [0.4, 0.5) is 0 Å². The summed E-state index contributed by atoms with van der Waals surface area (Å²) in [6, 6.07) is 7.71. The Morgan fingerprint density at radius 2 is 1.77 bits per heavy atom. The molecular formula is C19H29NO2. The molecule has 0 unspecified atom stereocenters. The van der Waals surface area contributed by atoms with Gasteiger partial charge >= 0.3 is 0 Å². The summed E-state index contributed by atoms with van der Waals surface area (Å²) in [7, 11) is 1.45. The van der Waals surface area contributed by atoms with Gasteiger partial charge in [-0.3, -0.25) is 9.63 Å². The molecule has 1 rings (SSSR count). The van der Waals surface area contributed by atoms with Gasteiger partial charge in [0.15, 0.2) is 0 Å². The highest BCUT2D eigenvalue weighted by Crippen LogP contribution is 2.18. The van der Waals surface area contributed by atoms with E-state index in [0.29, 0.717) is 5.56 Å². The largest absolute Gasteiger partial charge is 0.277 e. The third-order valence-corrected chi connectivity index (χ3v) is 3.77. The Morgan fingerprint density at radius 1 is 1.14 bits per heavy atom. The number of carbonyl (C=O) groups is 1. The zero-order valence-electron chi connectivity index (χ0n) is 14.2. The lowest BCUT2D eigenvalue weighted by molar-refractivity contribution is 0.0537. The van der Waals surface area contributed by atoms with Crippen molar-refractivity contribution in [2.75, 3.05) is 7.11 Å². The lowest BCUT2D eigenvalue weighted by Gasteiger charge is -2.10. The molecule has 0 aliphatic carbocycles. The molecule has 1 aromatic carbocycles. The Hall–Kier alpha value is -1.61. The molecule has 0 heterocycles. The summed E-state index contributed by atoms with van der Waals surface area (Å²) in [5, 5.41) is 0. The number of rotatable bonds is 10. The van der Waals surface area contributed by atoms with Crippen LogP contribution in [0.5, 0.6) is 0 Å². The van der Waals surface area contributed by atoms with Gasteiger partial charge in [-0.15, -0.1) is 0 Å². The minimum absolute atomic E-state index is 0.185. The van der Waals surface area contributed by atoms with Gasteiger partial charge in [0.2, 0.25) is 0 Å². The van der Waals surface area contributed by atoms with Crippen LogP contribution in [-0.4, -0.2) is 13.0 Å². The third-order valence-electron chi connectivity index (χ3n) is 3.77. The standard InChI is InChI=1S/C19H29NO2/c1-4-6-10-16(11-7-5-2)14-15-17-12-8-9-13-18(17)19(21)20-22-3/h8-9,12-14H,4-7,10-11,15H2,1-3H3,(H,20,21). The number of benzene rings is 1. The second-order valence-electron chi connectivity index (χ2n) is 5.57. The van der Waals surface area contributed by atoms with Gasteiger partial charge in [0.25, 0.3) is 5.91 Å². The number of hydrogen-bond donors (Lipinski definition) is 1. The molecule has 1 aromatic rings. The van der Waals surface area contributed by atoms with Gasteiger partial charge in [-0.25, -0.2) is 5.48 Å². The van der Waals surface area contributed by atoms with Crippen molar-refractivity contribution in [3.8, 4) is 0 Å². The topological polar surface area (TPSA) is 38.3 Å².